The summed E-state index contributed by atoms with van der Waals surface area (Å²) in [5.41, 5.74) is 2.67. The van der Waals surface area contributed by atoms with E-state index in [1.807, 2.05) is 97.0 Å². The van der Waals surface area contributed by atoms with Gasteiger partial charge in [0.15, 0.2) is 0 Å². The highest BCUT2D eigenvalue weighted by molar-refractivity contribution is 5.71. The van der Waals surface area contributed by atoms with Gasteiger partial charge in [0.2, 0.25) is 6.41 Å². The van der Waals surface area contributed by atoms with Gasteiger partial charge < -0.3 is 34.3 Å². The summed E-state index contributed by atoms with van der Waals surface area (Å²) >= 11 is 0. The maximum absolute atomic E-state index is 12.5. The first kappa shape index (κ1) is 35.9. The van der Waals surface area contributed by atoms with Crippen LogP contribution in [-0.2, 0) is 27.4 Å². The Labute approximate surface area is 272 Å². The zero-order valence-corrected chi connectivity index (χ0v) is 28.2. The van der Waals surface area contributed by atoms with E-state index in [1.165, 1.54) is 0 Å². The van der Waals surface area contributed by atoms with E-state index >= 15 is 0 Å². The molecular formula is C35H49N5O6. The molecule has 3 amide bonds. The highest BCUT2D eigenvalue weighted by Crippen LogP contribution is 2.23. The van der Waals surface area contributed by atoms with Gasteiger partial charge in [-0.15, -0.1) is 0 Å². The van der Waals surface area contributed by atoms with Crippen LogP contribution in [0, 0.1) is 0 Å². The summed E-state index contributed by atoms with van der Waals surface area (Å²) in [5.74, 6) is 1.44. The summed E-state index contributed by atoms with van der Waals surface area (Å²) in [4.78, 5) is 45.5. The molecule has 0 aliphatic carbocycles. The smallest absolute Gasteiger partial charge is 0.410 e. The Kier molecular flexibility index (Phi) is 13.0. The number of carbonyl (C=O) groups is 3. The third-order valence-electron chi connectivity index (χ3n) is 6.62. The molecule has 0 unspecified atom stereocenters. The molecule has 2 N–H and O–H groups in total. The predicted molar refractivity (Wildman–Crippen MR) is 178 cm³/mol. The molecule has 1 aromatic heterocycles. The number of aromatic nitrogens is 2. The van der Waals surface area contributed by atoms with E-state index in [1.54, 1.807) is 16.0 Å². The second kappa shape index (κ2) is 16.7. The number of nitrogens with one attached hydrogen (secondary N) is 2. The fraction of sp³-hybridized carbons (Fsp3) is 0.486. The van der Waals surface area contributed by atoms with E-state index in [2.05, 4.69) is 15.3 Å². The Balaban J connectivity index is 0.000000402. The van der Waals surface area contributed by atoms with Gasteiger partial charge in [0, 0.05) is 25.3 Å². The Morgan fingerprint density at radius 1 is 0.957 bits per heavy atom. The number of H-pyrrole nitrogens is 1. The highest BCUT2D eigenvalue weighted by atomic mass is 16.6. The number of nitrogens with zero attached hydrogens (tertiary/aromatic N) is 3. The molecule has 1 aliphatic heterocycles. The van der Waals surface area contributed by atoms with Crippen LogP contribution in [0.25, 0.3) is 11.3 Å². The number of amides is 3. The molecule has 46 heavy (non-hydrogen) atoms. The average molecular weight is 636 g/mol. The Morgan fingerprint density at radius 3 is 2.15 bits per heavy atom. The van der Waals surface area contributed by atoms with E-state index in [4.69, 9.17) is 14.2 Å². The van der Waals surface area contributed by atoms with Gasteiger partial charge in [-0.2, -0.15) is 0 Å². The molecule has 0 bridgehead atoms. The molecule has 1 aliphatic rings. The van der Waals surface area contributed by atoms with Crippen molar-refractivity contribution in [3.05, 3.63) is 66.1 Å². The number of imidazole rings is 1. The lowest BCUT2D eigenvalue weighted by atomic mass is 10.1. The summed E-state index contributed by atoms with van der Waals surface area (Å²) in [7, 11) is 0. The number of aromatic amines is 1. The number of hydrogen-bond donors (Lipinski definition) is 2. The van der Waals surface area contributed by atoms with Gasteiger partial charge in [-0.1, -0.05) is 19.1 Å². The Hall–Kier alpha value is -4.54. The van der Waals surface area contributed by atoms with Gasteiger partial charge in [-0.25, -0.2) is 14.6 Å². The Morgan fingerprint density at radius 2 is 1.59 bits per heavy atom. The lowest BCUT2D eigenvalue weighted by Crippen LogP contribution is -2.37. The van der Waals surface area contributed by atoms with Crippen LogP contribution in [0.1, 0.15) is 79.1 Å². The molecule has 11 nitrogen and oxygen atoms in total. The second-order valence-corrected chi connectivity index (χ2v) is 13.1. The van der Waals surface area contributed by atoms with Gasteiger partial charge in [-0.05, 0) is 108 Å². The first-order chi connectivity index (χ1) is 21.8. The molecule has 0 spiro atoms. The van der Waals surface area contributed by atoms with Crippen LogP contribution < -0.4 is 10.1 Å². The van der Waals surface area contributed by atoms with Crippen molar-refractivity contribution in [2.45, 2.75) is 92.1 Å². The third-order valence-corrected chi connectivity index (χ3v) is 6.62. The van der Waals surface area contributed by atoms with Crippen molar-refractivity contribution in [3.8, 4) is 17.0 Å². The first-order valence-corrected chi connectivity index (χ1v) is 15.8. The summed E-state index contributed by atoms with van der Waals surface area (Å²) < 4.78 is 16.6. The van der Waals surface area contributed by atoms with E-state index in [9.17, 15) is 14.4 Å². The number of carbonyl (C=O) groups excluding carboxylic acids is 3. The third kappa shape index (κ3) is 12.5. The number of rotatable bonds is 10. The molecule has 1 fully saturated rings. The van der Waals surface area contributed by atoms with E-state index < -0.39 is 5.60 Å². The average Bonchev–Trinajstić information content (AvgIpc) is 3.69. The van der Waals surface area contributed by atoms with Gasteiger partial charge in [0.1, 0.15) is 29.4 Å². The highest BCUT2D eigenvalue weighted by Gasteiger charge is 2.24. The van der Waals surface area contributed by atoms with Gasteiger partial charge in [-0.3, -0.25) is 4.79 Å². The standard InChI is InChI=1S/C26H32N4O4.C9H17NO2/c1-5-14-30(25(32)34-26(2,3)4)16-24-27-15-23(29-24)20-8-12-22(13-9-20)33-17-19-6-10-21(11-7-19)28-18-31;1-9(2,3)12-8(11)10-6-4-5-7-10/h6-13,15,18H,5,14,16-17H2,1-4H3,(H,27,29)(H,28,31);4-7H2,1-3H3. The van der Waals surface area contributed by atoms with Crippen LogP contribution >= 0.6 is 0 Å². The van der Waals surface area contributed by atoms with Crippen molar-refractivity contribution in [1.29, 1.82) is 0 Å². The minimum atomic E-state index is -0.543. The van der Waals surface area contributed by atoms with E-state index in [-0.39, 0.29) is 17.8 Å². The molecular weight excluding hydrogens is 586 g/mol. The van der Waals surface area contributed by atoms with Crippen molar-refractivity contribution in [1.82, 2.24) is 19.8 Å². The minimum Gasteiger partial charge on any atom is -0.489 e. The maximum Gasteiger partial charge on any atom is 0.410 e. The quantitative estimate of drug-likeness (QED) is 0.223. The zero-order chi connectivity index (χ0) is 33.7. The lowest BCUT2D eigenvalue weighted by molar-refractivity contribution is -0.105. The SMILES string of the molecule is CC(C)(C)OC(=O)N1CCCC1.CCCN(Cc1ncc(-c2ccc(OCc3ccc(NC=O)cc3)cc2)[nH]1)C(=O)OC(C)(C)C. The molecule has 4 rings (SSSR count). The van der Waals surface area contributed by atoms with Gasteiger partial charge >= 0.3 is 12.2 Å². The van der Waals surface area contributed by atoms with Crippen molar-refractivity contribution in [2.24, 2.45) is 0 Å². The summed E-state index contributed by atoms with van der Waals surface area (Å²) in [6.07, 6.45) is 4.95. The molecule has 2 aromatic carbocycles. The largest absolute Gasteiger partial charge is 0.489 e. The number of hydrogen-bond acceptors (Lipinski definition) is 7. The summed E-state index contributed by atoms with van der Waals surface area (Å²) in [5, 5.41) is 2.61. The summed E-state index contributed by atoms with van der Waals surface area (Å²) in [6, 6.07) is 15.2. The van der Waals surface area contributed by atoms with Crippen molar-refractivity contribution < 1.29 is 28.6 Å². The second-order valence-electron chi connectivity index (χ2n) is 13.1. The Bertz CT molecular complexity index is 1380. The monoisotopic (exact) mass is 635 g/mol. The fourth-order valence-corrected chi connectivity index (χ4v) is 4.49. The normalized spacial score (nSPS) is 12.9. The number of anilines is 1. The van der Waals surface area contributed by atoms with Crippen molar-refractivity contribution in [2.75, 3.05) is 25.0 Å². The zero-order valence-electron chi connectivity index (χ0n) is 28.2. The van der Waals surface area contributed by atoms with E-state index in [0.717, 1.165) is 60.6 Å². The first-order valence-electron chi connectivity index (χ1n) is 15.8. The number of ether oxygens (including phenoxy) is 3. The molecule has 2 heterocycles. The van der Waals surface area contributed by atoms with Crippen LogP contribution in [-0.4, -0.2) is 69.2 Å². The van der Waals surface area contributed by atoms with Gasteiger partial charge in [0.25, 0.3) is 0 Å². The lowest BCUT2D eigenvalue weighted by Gasteiger charge is -2.26. The predicted octanol–water partition coefficient (Wildman–Crippen LogP) is 7.39. The fourth-order valence-electron chi connectivity index (χ4n) is 4.49. The molecule has 250 valence electrons. The van der Waals surface area contributed by atoms with Crippen LogP contribution in [0.5, 0.6) is 5.75 Å². The summed E-state index contributed by atoms with van der Waals surface area (Å²) in [6.45, 7) is 16.3. The molecule has 11 heteroatoms. The number of likely N-dealkylation sites (tertiary alicyclic amines) is 1. The van der Waals surface area contributed by atoms with Crippen LogP contribution in [0.3, 0.4) is 0 Å². The molecule has 0 radical (unpaired) electrons. The van der Waals surface area contributed by atoms with Crippen LogP contribution in [0.4, 0.5) is 15.3 Å². The molecule has 0 atom stereocenters. The molecule has 1 saturated heterocycles. The van der Waals surface area contributed by atoms with Gasteiger partial charge in [0.05, 0.1) is 18.4 Å². The topological polar surface area (TPSA) is 126 Å². The molecule has 3 aromatic rings. The van der Waals surface area contributed by atoms with Crippen molar-refractivity contribution >= 4 is 24.3 Å². The minimum absolute atomic E-state index is 0.167. The van der Waals surface area contributed by atoms with Crippen molar-refractivity contribution in [3.63, 3.8) is 0 Å². The number of benzene rings is 2. The molecule has 0 saturated carbocycles. The maximum atomic E-state index is 12.5. The van der Waals surface area contributed by atoms with E-state index in [0.29, 0.717) is 31.9 Å². The van der Waals surface area contributed by atoms with Crippen LogP contribution in [0.15, 0.2) is 54.7 Å². The van der Waals surface area contributed by atoms with Crippen LogP contribution in [0.2, 0.25) is 0 Å².